The highest BCUT2D eigenvalue weighted by atomic mass is 19.4. The summed E-state index contributed by atoms with van der Waals surface area (Å²) in [5, 5.41) is 2.88. The van der Waals surface area contributed by atoms with E-state index in [1.54, 1.807) is 13.8 Å². The lowest BCUT2D eigenvalue weighted by atomic mass is 9.50. The van der Waals surface area contributed by atoms with Crippen LogP contribution in [-0.2, 0) is 27.2 Å². The molecule has 2 aromatic carbocycles. The van der Waals surface area contributed by atoms with Crippen LogP contribution in [0.5, 0.6) is 0 Å². The van der Waals surface area contributed by atoms with Gasteiger partial charge in [-0.2, -0.15) is 26.3 Å². The topological polar surface area (TPSA) is 47.6 Å². The van der Waals surface area contributed by atoms with Gasteiger partial charge in [-0.15, -0.1) is 0 Å². The lowest BCUT2D eigenvalue weighted by Crippen LogP contribution is -2.69. The van der Waals surface area contributed by atoms with E-state index < -0.39 is 52.2 Å². The zero-order chi connectivity index (χ0) is 25.9. The smallest absolute Gasteiger partial charge is 0.416 e. The predicted octanol–water partition coefficient (Wildman–Crippen LogP) is 6.79. The molecule has 0 aromatic heterocycles. The van der Waals surface area contributed by atoms with Gasteiger partial charge in [0.15, 0.2) is 0 Å². The molecule has 4 nitrogen and oxygen atoms in total. The minimum Gasteiger partial charge on any atom is -0.441 e. The lowest BCUT2D eigenvalue weighted by Gasteiger charge is -2.58. The van der Waals surface area contributed by atoms with Crippen molar-refractivity contribution in [2.75, 3.05) is 6.61 Å². The number of halogens is 6. The molecule has 1 amide bonds. The fourth-order valence-corrected chi connectivity index (χ4v) is 5.09. The maximum Gasteiger partial charge on any atom is 0.416 e. The van der Waals surface area contributed by atoms with Crippen molar-refractivity contribution >= 4 is 6.09 Å². The zero-order valence-corrected chi connectivity index (χ0v) is 19.3. The van der Waals surface area contributed by atoms with E-state index >= 15 is 0 Å². The summed E-state index contributed by atoms with van der Waals surface area (Å²) in [6, 6.07) is 10.8. The molecule has 1 aliphatic heterocycles. The summed E-state index contributed by atoms with van der Waals surface area (Å²) >= 11 is 0. The van der Waals surface area contributed by atoms with E-state index in [-0.39, 0.29) is 18.2 Å². The molecule has 1 heterocycles. The zero-order valence-electron chi connectivity index (χ0n) is 19.3. The Balaban J connectivity index is 1.61. The van der Waals surface area contributed by atoms with Crippen molar-refractivity contribution in [2.24, 2.45) is 0 Å². The number of ether oxygens (including phenoxy) is 2. The molecule has 35 heavy (non-hydrogen) atoms. The second-order valence-corrected chi connectivity index (χ2v) is 9.90. The molecule has 10 heteroatoms. The predicted molar refractivity (Wildman–Crippen MR) is 115 cm³/mol. The highest BCUT2D eigenvalue weighted by Crippen LogP contribution is 2.57. The van der Waals surface area contributed by atoms with Gasteiger partial charge in [-0.3, -0.25) is 0 Å². The summed E-state index contributed by atoms with van der Waals surface area (Å²) in [5.41, 5.74) is -4.15. The van der Waals surface area contributed by atoms with Crippen LogP contribution in [0, 0.1) is 0 Å². The first-order chi connectivity index (χ1) is 16.1. The number of cyclic esters (lactones) is 1. The summed E-state index contributed by atoms with van der Waals surface area (Å²) in [7, 11) is 0. The fraction of sp³-hybridized carbons (Fsp3) is 0.480. The Labute approximate surface area is 198 Å². The first-order valence-corrected chi connectivity index (χ1v) is 11.0. The molecule has 1 spiro atoms. The van der Waals surface area contributed by atoms with Crippen molar-refractivity contribution in [1.29, 1.82) is 0 Å². The molecule has 1 N–H and O–H groups in total. The Kier molecular flexibility index (Phi) is 5.90. The molecular formula is C25H25F6NO3. The van der Waals surface area contributed by atoms with E-state index in [1.165, 1.54) is 6.92 Å². The van der Waals surface area contributed by atoms with Gasteiger partial charge in [-0.1, -0.05) is 30.3 Å². The van der Waals surface area contributed by atoms with E-state index in [0.29, 0.717) is 25.0 Å². The van der Waals surface area contributed by atoms with Crippen LogP contribution in [0.1, 0.15) is 62.0 Å². The Morgan fingerprint density at radius 1 is 0.971 bits per heavy atom. The summed E-state index contributed by atoms with van der Waals surface area (Å²) in [6.07, 6.45) is -10.6. The number of carbonyl (C=O) groups is 1. The highest BCUT2D eigenvalue weighted by molar-refractivity contribution is 5.73. The number of alkyl carbamates (subject to hydrolysis) is 1. The lowest BCUT2D eigenvalue weighted by molar-refractivity contribution is -0.143. The van der Waals surface area contributed by atoms with Gasteiger partial charge in [0.1, 0.15) is 5.60 Å². The van der Waals surface area contributed by atoms with Crippen LogP contribution in [0.15, 0.2) is 48.5 Å². The highest BCUT2D eigenvalue weighted by Gasteiger charge is 2.67. The normalized spacial score (nSPS) is 26.7. The molecule has 4 rings (SSSR count). The van der Waals surface area contributed by atoms with Crippen LogP contribution < -0.4 is 5.32 Å². The molecule has 1 saturated carbocycles. The van der Waals surface area contributed by atoms with E-state index in [4.69, 9.17) is 9.47 Å². The number of hydrogen-bond donors (Lipinski definition) is 1. The number of nitrogens with one attached hydrogen (secondary N) is 1. The van der Waals surface area contributed by atoms with Gasteiger partial charge >= 0.3 is 18.4 Å². The third-order valence-electron chi connectivity index (χ3n) is 7.20. The fourth-order valence-electron chi connectivity index (χ4n) is 5.09. The Bertz CT molecular complexity index is 1070. The summed E-state index contributed by atoms with van der Waals surface area (Å²) < 4.78 is 91.0. The largest absolute Gasteiger partial charge is 0.441 e. The van der Waals surface area contributed by atoms with Crippen molar-refractivity contribution in [3.63, 3.8) is 0 Å². The van der Waals surface area contributed by atoms with E-state index in [9.17, 15) is 31.1 Å². The third-order valence-corrected chi connectivity index (χ3v) is 7.20. The molecule has 0 bridgehead atoms. The second-order valence-electron chi connectivity index (χ2n) is 9.90. The first kappa shape index (κ1) is 25.3. The Morgan fingerprint density at radius 3 is 1.97 bits per heavy atom. The Hall–Kier alpha value is -2.75. The van der Waals surface area contributed by atoms with Gasteiger partial charge in [0.25, 0.3) is 0 Å². The van der Waals surface area contributed by atoms with Gasteiger partial charge < -0.3 is 14.8 Å². The number of benzene rings is 2. The molecule has 0 unspecified atom stereocenters. The molecule has 2 aliphatic rings. The van der Waals surface area contributed by atoms with Gasteiger partial charge in [-0.25, -0.2) is 4.79 Å². The Morgan fingerprint density at radius 2 is 1.51 bits per heavy atom. The summed E-state index contributed by atoms with van der Waals surface area (Å²) in [5.74, 6) is 0. The number of alkyl halides is 6. The number of hydrogen-bond acceptors (Lipinski definition) is 3. The minimum absolute atomic E-state index is 0.0312. The number of rotatable bonds is 5. The van der Waals surface area contributed by atoms with Crippen LogP contribution in [0.2, 0.25) is 0 Å². The molecular weight excluding hydrogens is 476 g/mol. The quantitative estimate of drug-likeness (QED) is 0.459. The molecule has 0 radical (unpaired) electrons. The van der Waals surface area contributed by atoms with Crippen molar-refractivity contribution in [3.8, 4) is 0 Å². The van der Waals surface area contributed by atoms with Gasteiger partial charge in [0.2, 0.25) is 0 Å². The number of amides is 1. The molecule has 2 fully saturated rings. The average molecular weight is 501 g/mol. The minimum atomic E-state index is -4.94. The van der Waals surface area contributed by atoms with Gasteiger partial charge in [0.05, 0.1) is 29.4 Å². The van der Waals surface area contributed by atoms with Crippen LogP contribution in [0.3, 0.4) is 0 Å². The molecule has 1 aliphatic carbocycles. The maximum atomic E-state index is 13.3. The third kappa shape index (κ3) is 4.60. The SMILES string of the molecule is C[C@@H](OC[C@]1(c2ccccc2)C[C@@]2(C1)NC(=O)OC2(C)C)c1cc(C(F)(F)F)cc(C(F)(F)F)c1. The van der Waals surface area contributed by atoms with Gasteiger partial charge in [0, 0.05) is 5.41 Å². The van der Waals surface area contributed by atoms with E-state index in [1.807, 2.05) is 30.3 Å². The van der Waals surface area contributed by atoms with Crippen molar-refractivity contribution in [2.45, 2.75) is 68.6 Å². The van der Waals surface area contributed by atoms with Crippen molar-refractivity contribution in [1.82, 2.24) is 5.32 Å². The van der Waals surface area contributed by atoms with Crippen LogP contribution in [-0.4, -0.2) is 23.8 Å². The first-order valence-electron chi connectivity index (χ1n) is 11.0. The monoisotopic (exact) mass is 501 g/mol. The summed E-state index contributed by atoms with van der Waals surface area (Å²) in [4.78, 5) is 11.9. The number of carbonyl (C=O) groups excluding carboxylic acids is 1. The molecule has 1 saturated heterocycles. The van der Waals surface area contributed by atoms with Gasteiger partial charge in [-0.05, 0) is 62.9 Å². The van der Waals surface area contributed by atoms with Crippen LogP contribution >= 0.6 is 0 Å². The summed E-state index contributed by atoms with van der Waals surface area (Å²) in [6.45, 7) is 5.05. The van der Waals surface area contributed by atoms with Crippen molar-refractivity contribution < 1.29 is 40.6 Å². The van der Waals surface area contributed by atoms with E-state index in [2.05, 4.69) is 5.32 Å². The maximum absolute atomic E-state index is 13.3. The van der Waals surface area contributed by atoms with Crippen LogP contribution in [0.25, 0.3) is 0 Å². The van der Waals surface area contributed by atoms with Crippen LogP contribution in [0.4, 0.5) is 31.1 Å². The second kappa shape index (κ2) is 8.15. The molecule has 190 valence electrons. The standard InChI is InChI=1S/C25H25F6NO3/c1-15(16-9-18(24(26,27)28)11-19(10-16)25(29,30)31)34-14-22(17-7-5-4-6-8-17)12-23(13-22)21(2,3)35-20(33)32-23/h4-11,15H,12-14H2,1-3H3,(H,32,33)/t15-,22-,23-/m1/s1. The average Bonchev–Trinajstić information content (AvgIpc) is 2.97. The van der Waals surface area contributed by atoms with Crippen molar-refractivity contribution in [3.05, 3.63) is 70.8 Å². The van der Waals surface area contributed by atoms with E-state index in [0.717, 1.165) is 5.56 Å². The molecule has 2 aromatic rings. The molecule has 1 atom stereocenters.